The summed E-state index contributed by atoms with van der Waals surface area (Å²) in [5, 5.41) is 13.0. The van der Waals surface area contributed by atoms with Crippen molar-refractivity contribution < 1.29 is 9.90 Å². The number of rotatable bonds is 5. The third-order valence-corrected chi connectivity index (χ3v) is 4.00. The van der Waals surface area contributed by atoms with E-state index in [1.54, 1.807) is 0 Å². The van der Waals surface area contributed by atoms with Crippen LogP contribution in [0, 0.1) is 5.41 Å². The van der Waals surface area contributed by atoms with Gasteiger partial charge in [-0.05, 0) is 16.5 Å². The van der Waals surface area contributed by atoms with Crippen LogP contribution in [0.1, 0.15) is 37.8 Å². The van der Waals surface area contributed by atoms with Crippen LogP contribution in [0.4, 0.5) is 0 Å². The van der Waals surface area contributed by atoms with Crippen molar-refractivity contribution in [1.82, 2.24) is 5.32 Å². The van der Waals surface area contributed by atoms with E-state index in [4.69, 9.17) is 0 Å². The van der Waals surface area contributed by atoms with Crippen molar-refractivity contribution in [2.75, 3.05) is 6.54 Å². The largest absolute Gasteiger partial charge is 0.391 e. The van der Waals surface area contributed by atoms with E-state index in [2.05, 4.69) is 5.32 Å². The summed E-state index contributed by atoms with van der Waals surface area (Å²) in [4.78, 5) is 12.8. The van der Waals surface area contributed by atoms with Crippen LogP contribution in [0.15, 0.2) is 60.7 Å². The van der Waals surface area contributed by atoms with E-state index in [1.165, 1.54) is 0 Å². The van der Waals surface area contributed by atoms with Crippen molar-refractivity contribution >= 4 is 5.91 Å². The molecule has 2 aromatic rings. The fourth-order valence-electron chi connectivity index (χ4n) is 2.39. The van der Waals surface area contributed by atoms with Gasteiger partial charge in [0.1, 0.15) is 0 Å². The summed E-state index contributed by atoms with van der Waals surface area (Å²) >= 11 is 0. The third kappa shape index (κ3) is 4.67. The minimum atomic E-state index is -0.585. The topological polar surface area (TPSA) is 49.3 Å². The molecule has 3 heteroatoms. The van der Waals surface area contributed by atoms with Gasteiger partial charge in [-0.25, -0.2) is 0 Å². The molecule has 0 saturated heterocycles. The van der Waals surface area contributed by atoms with E-state index >= 15 is 0 Å². The van der Waals surface area contributed by atoms with Gasteiger partial charge >= 0.3 is 0 Å². The van der Waals surface area contributed by atoms with Gasteiger partial charge in [-0.2, -0.15) is 0 Å². The predicted molar refractivity (Wildman–Crippen MR) is 93.2 cm³/mol. The van der Waals surface area contributed by atoms with Crippen molar-refractivity contribution in [2.45, 2.75) is 32.8 Å². The van der Waals surface area contributed by atoms with Gasteiger partial charge in [-0.15, -0.1) is 0 Å². The molecule has 1 unspecified atom stereocenters. The summed E-state index contributed by atoms with van der Waals surface area (Å²) in [5.41, 5.74) is 1.63. The van der Waals surface area contributed by atoms with E-state index in [-0.39, 0.29) is 23.8 Å². The second-order valence-corrected chi connectivity index (χ2v) is 6.88. The lowest BCUT2D eigenvalue weighted by Gasteiger charge is -2.27. The number of amides is 1. The molecule has 0 spiro atoms. The van der Waals surface area contributed by atoms with Crippen LogP contribution in [-0.4, -0.2) is 23.7 Å². The van der Waals surface area contributed by atoms with E-state index in [0.29, 0.717) is 0 Å². The maximum atomic E-state index is 12.8. The molecule has 2 aromatic carbocycles. The van der Waals surface area contributed by atoms with Crippen molar-refractivity contribution in [3.05, 3.63) is 71.8 Å². The lowest BCUT2D eigenvalue weighted by atomic mass is 9.88. The van der Waals surface area contributed by atoms with E-state index in [9.17, 15) is 9.90 Å². The van der Waals surface area contributed by atoms with Crippen molar-refractivity contribution in [1.29, 1.82) is 0 Å². The van der Waals surface area contributed by atoms with Crippen LogP contribution in [0.5, 0.6) is 0 Å². The first-order valence-electron chi connectivity index (χ1n) is 7.95. The number of nitrogens with one attached hydrogen (secondary N) is 1. The number of aliphatic hydroxyl groups is 1. The van der Waals surface area contributed by atoms with Gasteiger partial charge in [0, 0.05) is 6.54 Å². The van der Waals surface area contributed by atoms with Crippen LogP contribution >= 0.6 is 0 Å². The minimum absolute atomic E-state index is 0.0919. The Hall–Kier alpha value is -2.13. The van der Waals surface area contributed by atoms with Crippen LogP contribution in [0.2, 0.25) is 0 Å². The normalized spacial score (nSPS) is 12.9. The molecule has 1 amide bonds. The molecular weight excluding hydrogens is 286 g/mol. The predicted octanol–water partition coefficient (Wildman–Crippen LogP) is 3.34. The summed E-state index contributed by atoms with van der Waals surface area (Å²) in [6.45, 7) is 6.11. The third-order valence-electron chi connectivity index (χ3n) is 4.00. The molecule has 0 saturated carbocycles. The lowest BCUT2D eigenvalue weighted by Crippen LogP contribution is -2.41. The Morgan fingerprint density at radius 2 is 1.39 bits per heavy atom. The Kier molecular flexibility index (Phi) is 5.56. The number of carbonyl (C=O) groups excluding carboxylic acids is 1. The maximum absolute atomic E-state index is 12.8. The first kappa shape index (κ1) is 17.2. The Morgan fingerprint density at radius 3 is 1.78 bits per heavy atom. The van der Waals surface area contributed by atoms with E-state index in [1.807, 2.05) is 81.4 Å². The highest BCUT2D eigenvalue weighted by Gasteiger charge is 2.26. The van der Waals surface area contributed by atoms with Gasteiger partial charge in [0.25, 0.3) is 0 Å². The number of carbonyl (C=O) groups is 1. The molecule has 0 radical (unpaired) electrons. The Labute approximate surface area is 138 Å². The van der Waals surface area contributed by atoms with Gasteiger partial charge in [-0.1, -0.05) is 81.4 Å². The highest BCUT2D eigenvalue weighted by molar-refractivity contribution is 5.87. The average molecular weight is 311 g/mol. The fraction of sp³-hybridized carbons (Fsp3) is 0.350. The fourth-order valence-corrected chi connectivity index (χ4v) is 2.39. The second kappa shape index (κ2) is 7.42. The quantitative estimate of drug-likeness (QED) is 0.890. The monoisotopic (exact) mass is 311 g/mol. The molecule has 1 atom stereocenters. The van der Waals surface area contributed by atoms with Crippen molar-refractivity contribution in [3.63, 3.8) is 0 Å². The summed E-state index contributed by atoms with van der Waals surface area (Å²) in [6, 6.07) is 19.4. The molecule has 122 valence electrons. The van der Waals surface area contributed by atoms with Gasteiger partial charge < -0.3 is 10.4 Å². The van der Waals surface area contributed by atoms with Gasteiger partial charge in [-0.3, -0.25) is 4.79 Å². The molecule has 2 rings (SSSR count). The zero-order valence-electron chi connectivity index (χ0n) is 14.0. The van der Waals surface area contributed by atoms with Crippen LogP contribution in [-0.2, 0) is 4.79 Å². The molecule has 23 heavy (non-hydrogen) atoms. The van der Waals surface area contributed by atoms with Gasteiger partial charge in [0.05, 0.1) is 12.0 Å². The Morgan fingerprint density at radius 1 is 0.957 bits per heavy atom. The molecule has 0 aromatic heterocycles. The van der Waals surface area contributed by atoms with Crippen LogP contribution in [0.3, 0.4) is 0 Å². The number of benzene rings is 2. The molecule has 0 heterocycles. The van der Waals surface area contributed by atoms with Gasteiger partial charge in [0.2, 0.25) is 5.91 Å². The zero-order valence-corrected chi connectivity index (χ0v) is 14.0. The number of hydrogen-bond acceptors (Lipinski definition) is 2. The summed E-state index contributed by atoms with van der Waals surface area (Å²) in [7, 11) is 0. The van der Waals surface area contributed by atoms with Crippen molar-refractivity contribution in [3.8, 4) is 0 Å². The van der Waals surface area contributed by atoms with Gasteiger partial charge in [0.15, 0.2) is 0 Å². The molecule has 0 aliphatic rings. The summed E-state index contributed by atoms with van der Waals surface area (Å²) < 4.78 is 0. The standard InChI is InChI=1S/C20H25NO2/c1-20(2,3)17(22)14-21-19(23)18(15-10-6-4-7-11-15)16-12-8-5-9-13-16/h4-13,17-18,22H,14H2,1-3H3,(H,21,23). The highest BCUT2D eigenvalue weighted by atomic mass is 16.3. The molecule has 0 aliphatic heterocycles. The Balaban J connectivity index is 2.20. The molecule has 0 bridgehead atoms. The molecular formula is C20H25NO2. The smallest absolute Gasteiger partial charge is 0.232 e. The van der Waals surface area contributed by atoms with Crippen molar-refractivity contribution in [2.24, 2.45) is 5.41 Å². The molecule has 2 N–H and O–H groups in total. The summed E-state index contributed by atoms with van der Waals surface area (Å²) in [5.74, 6) is -0.463. The summed E-state index contributed by atoms with van der Waals surface area (Å²) in [6.07, 6.45) is -0.585. The zero-order chi connectivity index (χ0) is 16.9. The molecule has 3 nitrogen and oxygen atoms in total. The lowest BCUT2D eigenvalue weighted by molar-refractivity contribution is -0.122. The molecule has 0 fully saturated rings. The highest BCUT2D eigenvalue weighted by Crippen LogP contribution is 2.25. The first-order valence-corrected chi connectivity index (χ1v) is 7.95. The average Bonchev–Trinajstić information content (AvgIpc) is 2.54. The number of aliphatic hydroxyl groups excluding tert-OH is 1. The second-order valence-electron chi connectivity index (χ2n) is 6.88. The minimum Gasteiger partial charge on any atom is -0.391 e. The number of hydrogen-bond donors (Lipinski definition) is 2. The maximum Gasteiger partial charge on any atom is 0.232 e. The SMILES string of the molecule is CC(C)(C)C(O)CNC(=O)C(c1ccccc1)c1ccccc1. The van der Waals surface area contributed by atoms with Crippen LogP contribution < -0.4 is 5.32 Å². The molecule has 0 aliphatic carbocycles. The Bertz CT molecular complexity index is 578. The van der Waals surface area contributed by atoms with E-state index < -0.39 is 6.10 Å². The van der Waals surface area contributed by atoms with E-state index in [0.717, 1.165) is 11.1 Å². The van der Waals surface area contributed by atoms with Crippen LogP contribution in [0.25, 0.3) is 0 Å². The first-order chi connectivity index (χ1) is 10.9.